The van der Waals surface area contributed by atoms with Gasteiger partial charge in [-0.25, -0.2) is 9.97 Å². The van der Waals surface area contributed by atoms with Gasteiger partial charge in [-0.3, -0.25) is 14.0 Å². The molecule has 0 spiro atoms. The lowest BCUT2D eigenvalue weighted by molar-refractivity contribution is 0.0949. The molecule has 0 aliphatic heterocycles. The molecule has 3 heterocycles. The Balaban J connectivity index is 1.77. The van der Waals surface area contributed by atoms with E-state index < -0.39 is 5.91 Å². The van der Waals surface area contributed by atoms with Crippen molar-refractivity contribution >= 4 is 22.9 Å². The van der Waals surface area contributed by atoms with Crippen molar-refractivity contribution in [1.82, 2.24) is 19.7 Å². The average molecular weight is 342 g/mol. The lowest BCUT2D eigenvalue weighted by Gasteiger charge is -2.14. The van der Waals surface area contributed by atoms with Crippen LogP contribution in [-0.4, -0.2) is 20.3 Å². The summed E-state index contributed by atoms with van der Waals surface area (Å²) in [5, 5.41) is 5.54. The number of amides is 1. The van der Waals surface area contributed by atoms with Crippen molar-refractivity contribution < 1.29 is 4.79 Å². The fraction of sp³-hybridized carbons (Fsp3) is 0.294. The lowest BCUT2D eigenvalue weighted by Crippen LogP contribution is -2.31. The summed E-state index contributed by atoms with van der Waals surface area (Å²) in [7, 11) is 0. The Morgan fingerprint density at radius 1 is 1.33 bits per heavy atom. The van der Waals surface area contributed by atoms with Gasteiger partial charge in [0.1, 0.15) is 16.2 Å². The molecule has 0 bridgehead atoms. The van der Waals surface area contributed by atoms with E-state index in [1.54, 1.807) is 24.4 Å². The van der Waals surface area contributed by atoms with Crippen molar-refractivity contribution in [1.29, 1.82) is 0 Å². The first-order chi connectivity index (χ1) is 11.4. The van der Waals surface area contributed by atoms with E-state index in [9.17, 15) is 9.59 Å². The molecule has 0 fully saturated rings. The number of thiazole rings is 1. The number of hydrogen-bond donors (Lipinski definition) is 1. The van der Waals surface area contributed by atoms with Gasteiger partial charge in [-0.15, -0.1) is 11.3 Å². The standard InChI is InChI=1S/C17H18N4O2S/c1-17(2,3)12-10-24-14(20-12)9-19-15(22)11-8-18-13-6-4-5-7-21(13)16(11)23/h4-8,10H,9H2,1-3H3,(H,19,22). The number of fused-ring (bicyclic) bond motifs is 1. The Kier molecular flexibility index (Phi) is 4.19. The summed E-state index contributed by atoms with van der Waals surface area (Å²) < 4.78 is 1.36. The summed E-state index contributed by atoms with van der Waals surface area (Å²) in [5.41, 5.74) is 1.11. The first kappa shape index (κ1) is 16.3. The topological polar surface area (TPSA) is 76.4 Å². The Hall–Kier alpha value is -2.54. The average Bonchev–Trinajstić information content (AvgIpc) is 3.02. The highest BCUT2D eigenvalue weighted by atomic mass is 32.1. The molecule has 0 unspecified atom stereocenters. The van der Waals surface area contributed by atoms with E-state index in [0.29, 0.717) is 5.65 Å². The highest BCUT2D eigenvalue weighted by molar-refractivity contribution is 7.09. The van der Waals surface area contributed by atoms with Crippen molar-refractivity contribution in [2.45, 2.75) is 32.7 Å². The van der Waals surface area contributed by atoms with Crippen LogP contribution < -0.4 is 10.9 Å². The van der Waals surface area contributed by atoms with Gasteiger partial charge in [0.15, 0.2) is 0 Å². The van der Waals surface area contributed by atoms with Gasteiger partial charge in [-0.1, -0.05) is 26.8 Å². The summed E-state index contributed by atoms with van der Waals surface area (Å²) in [6.45, 7) is 6.56. The summed E-state index contributed by atoms with van der Waals surface area (Å²) in [4.78, 5) is 33.3. The quantitative estimate of drug-likeness (QED) is 0.793. The molecule has 3 aromatic rings. The van der Waals surface area contributed by atoms with Crippen LogP contribution in [0.2, 0.25) is 0 Å². The number of aromatic nitrogens is 3. The third kappa shape index (κ3) is 3.21. The molecule has 6 nitrogen and oxygen atoms in total. The highest BCUT2D eigenvalue weighted by Crippen LogP contribution is 2.23. The van der Waals surface area contributed by atoms with Crippen LogP contribution in [0.4, 0.5) is 0 Å². The maximum atomic E-state index is 12.4. The van der Waals surface area contributed by atoms with Crippen molar-refractivity contribution in [2.75, 3.05) is 0 Å². The minimum atomic E-state index is -0.446. The number of carbonyl (C=O) groups excluding carboxylic acids is 1. The minimum Gasteiger partial charge on any atom is -0.345 e. The van der Waals surface area contributed by atoms with Crippen molar-refractivity contribution in [3.63, 3.8) is 0 Å². The van der Waals surface area contributed by atoms with Gasteiger partial charge >= 0.3 is 0 Å². The molecule has 0 saturated carbocycles. The second-order valence-electron chi connectivity index (χ2n) is 6.47. The second kappa shape index (κ2) is 6.16. The zero-order valence-corrected chi connectivity index (χ0v) is 14.6. The van der Waals surface area contributed by atoms with Crippen LogP contribution in [0, 0.1) is 0 Å². The number of nitrogens with one attached hydrogen (secondary N) is 1. The molecule has 1 amide bonds. The molecule has 0 aliphatic rings. The van der Waals surface area contributed by atoms with Gasteiger partial charge in [0.05, 0.1) is 12.2 Å². The number of rotatable bonds is 3. The van der Waals surface area contributed by atoms with Crippen LogP contribution in [-0.2, 0) is 12.0 Å². The van der Waals surface area contributed by atoms with E-state index in [0.717, 1.165) is 10.7 Å². The Morgan fingerprint density at radius 2 is 2.12 bits per heavy atom. The van der Waals surface area contributed by atoms with Gasteiger partial charge in [-0.05, 0) is 12.1 Å². The molecular formula is C17H18N4O2S. The summed E-state index contributed by atoms with van der Waals surface area (Å²) >= 11 is 1.50. The molecule has 0 radical (unpaired) electrons. The molecule has 1 N–H and O–H groups in total. The van der Waals surface area contributed by atoms with E-state index in [2.05, 4.69) is 36.1 Å². The molecule has 24 heavy (non-hydrogen) atoms. The van der Waals surface area contributed by atoms with Crippen molar-refractivity contribution in [2.24, 2.45) is 0 Å². The number of hydrogen-bond acceptors (Lipinski definition) is 5. The monoisotopic (exact) mass is 342 g/mol. The van der Waals surface area contributed by atoms with Gasteiger partial charge in [0.25, 0.3) is 11.5 Å². The maximum absolute atomic E-state index is 12.4. The van der Waals surface area contributed by atoms with Gasteiger partial charge < -0.3 is 5.32 Å². The molecule has 3 rings (SSSR count). The predicted molar refractivity (Wildman–Crippen MR) is 93.4 cm³/mol. The van der Waals surface area contributed by atoms with Crippen LogP contribution in [0.25, 0.3) is 5.65 Å². The summed E-state index contributed by atoms with van der Waals surface area (Å²) in [6, 6.07) is 5.23. The lowest BCUT2D eigenvalue weighted by atomic mass is 9.93. The Morgan fingerprint density at radius 3 is 2.83 bits per heavy atom. The van der Waals surface area contributed by atoms with Crippen LogP contribution in [0.5, 0.6) is 0 Å². The first-order valence-electron chi connectivity index (χ1n) is 7.56. The molecule has 0 saturated heterocycles. The third-order valence-corrected chi connectivity index (χ3v) is 4.43. The van der Waals surface area contributed by atoms with Crippen LogP contribution in [0.1, 0.15) is 41.8 Å². The first-order valence-corrected chi connectivity index (χ1v) is 8.44. The maximum Gasteiger partial charge on any atom is 0.270 e. The molecule has 0 aliphatic carbocycles. The molecular weight excluding hydrogens is 324 g/mol. The number of nitrogens with zero attached hydrogens (tertiary/aromatic N) is 3. The van der Waals surface area contributed by atoms with Crippen LogP contribution in [0.3, 0.4) is 0 Å². The second-order valence-corrected chi connectivity index (χ2v) is 7.41. The van der Waals surface area contributed by atoms with Crippen LogP contribution in [0.15, 0.2) is 40.8 Å². The Bertz CT molecular complexity index is 953. The highest BCUT2D eigenvalue weighted by Gasteiger charge is 2.18. The zero-order chi connectivity index (χ0) is 17.3. The molecule has 0 aromatic carbocycles. The Labute approximate surface area is 143 Å². The predicted octanol–water partition coefficient (Wildman–Crippen LogP) is 2.38. The smallest absolute Gasteiger partial charge is 0.270 e. The van der Waals surface area contributed by atoms with Gasteiger partial charge in [-0.2, -0.15) is 0 Å². The third-order valence-electron chi connectivity index (χ3n) is 3.58. The fourth-order valence-corrected chi connectivity index (χ4v) is 3.13. The van der Waals surface area contributed by atoms with Crippen molar-refractivity contribution in [3.8, 4) is 0 Å². The van der Waals surface area contributed by atoms with Crippen molar-refractivity contribution in [3.05, 3.63) is 62.6 Å². The largest absolute Gasteiger partial charge is 0.345 e. The molecule has 0 atom stereocenters. The summed E-state index contributed by atoms with van der Waals surface area (Å²) in [5.74, 6) is -0.446. The molecule has 3 aromatic heterocycles. The van der Waals surface area contributed by atoms with E-state index >= 15 is 0 Å². The summed E-state index contributed by atoms with van der Waals surface area (Å²) in [6.07, 6.45) is 2.91. The molecule has 124 valence electrons. The fourth-order valence-electron chi connectivity index (χ4n) is 2.17. The van der Waals surface area contributed by atoms with Gasteiger partial charge in [0.2, 0.25) is 0 Å². The van der Waals surface area contributed by atoms with E-state index in [4.69, 9.17) is 0 Å². The number of pyridine rings is 1. The van der Waals surface area contributed by atoms with Gasteiger partial charge in [0, 0.05) is 23.2 Å². The molecule has 7 heteroatoms. The van der Waals surface area contributed by atoms with Crippen LogP contribution >= 0.6 is 11.3 Å². The number of carbonyl (C=O) groups is 1. The van der Waals surface area contributed by atoms with E-state index in [1.807, 2.05) is 5.38 Å². The minimum absolute atomic E-state index is 0.0197. The van der Waals surface area contributed by atoms with E-state index in [1.165, 1.54) is 21.9 Å². The van der Waals surface area contributed by atoms with E-state index in [-0.39, 0.29) is 23.1 Å². The SMILES string of the molecule is CC(C)(C)c1csc(CNC(=O)c2cnc3ccccn3c2=O)n1. The normalized spacial score (nSPS) is 11.6. The zero-order valence-electron chi connectivity index (χ0n) is 13.7.